The zero-order valence-corrected chi connectivity index (χ0v) is 9.18. The number of halogens is 1. The summed E-state index contributed by atoms with van der Waals surface area (Å²) in [7, 11) is 0. The fourth-order valence-corrected chi connectivity index (χ4v) is 1.95. The molecule has 0 fully saturated rings. The third kappa shape index (κ3) is 1.62. The first-order valence-corrected chi connectivity index (χ1v) is 5.00. The lowest BCUT2D eigenvalue weighted by Crippen LogP contribution is -2.20. The molecule has 6 heteroatoms. The fourth-order valence-electron chi connectivity index (χ4n) is 1.38. The summed E-state index contributed by atoms with van der Waals surface area (Å²) in [6, 6.07) is 2.57. The predicted molar refractivity (Wildman–Crippen MR) is 57.5 cm³/mol. The van der Waals surface area contributed by atoms with E-state index < -0.39 is 12.0 Å². The Kier molecular flexibility index (Phi) is 2.45. The van der Waals surface area contributed by atoms with Crippen LogP contribution in [0.3, 0.4) is 0 Å². The summed E-state index contributed by atoms with van der Waals surface area (Å²) in [5.74, 6) is -1.07. The van der Waals surface area contributed by atoms with E-state index in [2.05, 4.69) is 21.0 Å². The minimum atomic E-state index is -1.07. The number of carbonyl (C=O) groups is 1. The number of nitrogens with zero attached hydrogens (tertiary/aromatic N) is 2. The molecule has 0 aliphatic carbocycles. The molecule has 1 atom stereocenters. The smallest absolute Gasteiger partial charge is 0.325 e. The fraction of sp³-hybridized carbons (Fsp3) is 0.111. The minimum Gasteiger partial charge on any atom is -0.480 e. The van der Waals surface area contributed by atoms with E-state index in [1.165, 1.54) is 6.20 Å². The van der Waals surface area contributed by atoms with Gasteiger partial charge in [-0.2, -0.15) is 5.10 Å². The van der Waals surface area contributed by atoms with Crippen LogP contribution in [0, 0.1) is 0 Å². The molecule has 0 saturated heterocycles. The van der Waals surface area contributed by atoms with Gasteiger partial charge in [0.1, 0.15) is 6.04 Å². The summed E-state index contributed by atoms with van der Waals surface area (Å²) in [6.45, 7) is 0. The summed E-state index contributed by atoms with van der Waals surface area (Å²) in [5.41, 5.74) is 6.73. The molecule has 2 aromatic rings. The molecule has 0 radical (unpaired) electrons. The SMILES string of the molecule is NC(C(=O)O)c1cnn2cccc(Br)c12. The van der Waals surface area contributed by atoms with Crippen molar-refractivity contribution in [1.82, 2.24) is 9.61 Å². The van der Waals surface area contributed by atoms with Crippen molar-refractivity contribution in [3.8, 4) is 0 Å². The lowest BCUT2D eigenvalue weighted by atomic mass is 10.1. The molecule has 15 heavy (non-hydrogen) atoms. The first-order chi connectivity index (χ1) is 7.11. The first-order valence-electron chi connectivity index (χ1n) is 4.21. The molecule has 0 bridgehead atoms. The van der Waals surface area contributed by atoms with Crippen molar-refractivity contribution in [3.63, 3.8) is 0 Å². The topological polar surface area (TPSA) is 80.6 Å². The summed E-state index contributed by atoms with van der Waals surface area (Å²) in [5, 5.41) is 12.9. The number of nitrogens with two attached hydrogens (primary N) is 1. The number of carboxylic acids is 1. The number of fused-ring (bicyclic) bond motifs is 1. The summed E-state index contributed by atoms with van der Waals surface area (Å²) in [4.78, 5) is 10.8. The van der Waals surface area contributed by atoms with Crippen LogP contribution in [-0.4, -0.2) is 20.7 Å². The molecule has 2 heterocycles. The largest absolute Gasteiger partial charge is 0.480 e. The quantitative estimate of drug-likeness (QED) is 0.858. The Morgan fingerprint density at radius 3 is 3.07 bits per heavy atom. The molecule has 0 aliphatic rings. The molecule has 3 N–H and O–H groups in total. The first kappa shape index (κ1) is 10.1. The van der Waals surface area contributed by atoms with Gasteiger partial charge in [0.25, 0.3) is 0 Å². The molecule has 0 spiro atoms. The number of hydrogen-bond acceptors (Lipinski definition) is 3. The summed E-state index contributed by atoms with van der Waals surface area (Å²) >= 11 is 3.33. The van der Waals surface area contributed by atoms with E-state index in [-0.39, 0.29) is 0 Å². The maximum absolute atomic E-state index is 10.8. The van der Waals surface area contributed by atoms with Crippen LogP contribution >= 0.6 is 15.9 Å². The van der Waals surface area contributed by atoms with E-state index in [9.17, 15) is 4.79 Å². The van der Waals surface area contributed by atoms with Crippen molar-refractivity contribution < 1.29 is 9.90 Å². The Morgan fingerprint density at radius 2 is 2.40 bits per heavy atom. The highest BCUT2D eigenvalue weighted by atomic mass is 79.9. The van der Waals surface area contributed by atoms with Crippen LogP contribution in [0.5, 0.6) is 0 Å². The molecule has 0 aromatic carbocycles. The van der Waals surface area contributed by atoms with Crippen molar-refractivity contribution in [3.05, 3.63) is 34.6 Å². The van der Waals surface area contributed by atoms with Crippen molar-refractivity contribution in [2.45, 2.75) is 6.04 Å². The average Bonchev–Trinajstić information content (AvgIpc) is 2.61. The second-order valence-corrected chi connectivity index (χ2v) is 3.92. The van der Waals surface area contributed by atoms with Crippen molar-refractivity contribution in [2.75, 3.05) is 0 Å². The Morgan fingerprint density at radius 1 is 1.67 bits per heavy atom. The van der Waals surface area contributed by atoms with E-state index in [0.29, 0.717) is 11.1 Å². The second kappa shape index (κ2) is 3.63. The van der Waals surface area contributed by atoms with Crippen LogP contribution in [0.15, 0.2) is 29.0 Å². The molecule has 5 nitrogen and oxygen atoms in total. The predicted octanol–water partition coefficient (Wildman–Crippen LogP) is 1.18. The zero-order chi connectivity index (χ0) is 11.0. The Labute approximate surface area is 93.6 Å². The molecule has 0 amide bonds. The van der Waals surface area contributed by atoms with Crippen molar-refractivity contribution in [2.24, 2.45) is 5.73 Å². The molecule has 1 unspecified atom stereocenters. The van der Waals surface area contributed by atoms with Crippen LogP contribution in [0.1, 0.15) is 11.6 Å². The maximum atomic E-state index is 10.8. The van der Waals surface area contributed by atoms with E-state index >= 15 is 0 Å². The highest BCUT2D eigenvalue weighted by Crippen LogP contribution is 2.24. The third-order valence-electron chi connectivity index (χ3n) is 2.12. The van der Waals surface area contributed by atoms with E-state index in [4.69, 9.17) is 10.8 Å². The maximum Gasteiger partial charge on any atom is 0.325 e. The van der Waals surface area contributed by atoms with E-state index in [1.807, 2.05) is 6.07 Å². The van der Waals surface area contributed by atoms with E-state index in [0.717, 1.165) is 4.47 Å². The average molecular weight is 270 g/mol. The van der Waals surface area contributed by atoms with E-state index in [1.54, 1.807) is 16.8 Å². The van der Waals surface area contributed by atoms with Crippen LogP contribution in [0.4, 0.5) is 0 Å². The van der Waals surface area contributed by atoms with Gasteiger partial charge >= 0.3 is 5.97 Å². The molecule has 2 rings (SSSR count). The summed E-state index contributed by atoms with van der Waals surface area (Å²) in [6.07, 6.45) is 3.21. The van der Waals surface area contributed by atoms with Gasteiger partial charge in [-0.25, -0.2) is 4.52 Å². The number of carboxylic acid groups (broad SMARTS) is 1. The Hall–Kier alpha value is -1.40. The van der Waals surface area contributed by atoms with Gasteiger partial charge in [0.15, 0.2) is 0 Å². The lowest BCUT2D eigenvalue weighted by Gasteiger charge is -2.04. The van der Waals surface area contributed by atoms with Gasteiger partial charge in [-0.1, -0.05) is 0 Å². The van der Waals surface area contributed by atoms with Crippen LogP contribution in [0.25, 0.3) is 5.52 Å². The summed E-state index contributed by atoms with van der Waals surface area (Å²) < 4.78 is 2.36. The van der Waals surface area contributed by atoms with Gasteiger partial charge < -0.3 is 10.8 Å². The van der Waals surface area contributed by atoms with Crippen molar-refractivity contribution in [1.29, 1.82) is 0 Å². The van der Waals surface area contributed by atoms with Crippen molar-refractivity contribution >= 4 is 27.4 Å². The number of hydrogen-bond donors (Lipinski definition) is 2. The number of aliphatic carboxylic acids is 1. The third-order valence-corrected chi connectivity index (χ3v) is 2.76. The molecule has 0 aliphatic heterocycles. The molecule has 78 valence electrons. The van der Waals surface area contributed by atoms with Crippen LogP contribution < -0.4 is 5.73 Å². The minimum absolute atomic E-state index is 0.495. The monoisotopic (exact) mass is 269 g/mol. The van der Waals surface area contributed by atoms with Gasteiger partial charge in [0.2, 0.25) is 0 Å². The highest BCUT2D eigenvalue weighted by Gasteiger charge is 2.20. The zero-order valence-electron chi connectivity index (χ0n) is 7.59. The second-order valence-electron chi connectivity index (χ2n) is 3.07. The van der Waals surface area contributed by atoms with Gasteiger partial charge in [-0.3, -0.25) is 4.79 Å². The van der Waals surface area contributed by atoms with Crippen LogP contribution in [0.2, 0.25) is 0 Å². The number of aromatic nitrogens is 2. The van der Waals surface area contributed by atoms with Gasteiger partial charge in [-0.15, -0.1) is 0 Å². The highest BCUT2D eigenvalue weighted by molar-refractivity contribution is 9.10. The van der Waals surface area contributed by atoms with Gasteiger partial charge in [-0.05, 0) is 28.1 Å². The van der Waals surface area contributed by atoms with Gasteiger partial charge in [0, 0.05) is 16.2 Å². The molecule has 2 aromatic heterocycles. The normalized spacial score (nSPS) is 12.9. The van der Waals surface area contributed by atoms with Crippen LogP contribution in [-0.2, 0) is 4.79 Å². The van der Waals surface area contributed by atoms with Gasteiger partial charge in [0.05, 0.1) is 11.7 Å². The lowest BCUT2D eigenvalue weighted by molar-refractivity contribution is -0.138. The Bertz CT molecular complexity index is 523. The molecular weight excluding hydrogens is 262 g/mol. The molecular formula is C9H8BrN3O2. The Balaban J connectivity index is 2.67. The standard InChI is InChI=1S/C9H8BrN3O2/c10-6-2-1-3-13-8(6)5(4-12-13)7(11)9(14)15/h1-4,7H,11H2,(H,14,15). The number of rotatable bonds is 2. The molecule has 0 saturated carbocycles. The number of pyridine rings is 1.